The van der Waals surface area contributed by atoms with Crippen LogP contribution in [0.2, 0.25) is 0 Å². The van der Waals surface area contributed by atoms with Crippen molar-refractivity contribution in [2.45, 2.75) is 18.8 Å². The summed E-state index contributed by atoms with van der Waals surface area (Å²) in [6.45, 7) is 1.55. The van der Waals surface area contributed by atoms with E-state index < -0.39 is 0 Å². The molecule has 0 aliphatic carbocycles. The molecule has 3 aromatic heterocycles. The summed E-state index contributed by atoms with van der Waals surface area (Å²) in [6.07, 6.45) is 3.49. The van der Waals surface area contributed by atoms with Gasteiger partial charge in [-0.1, -0.05) is 17.3 Å². The molecule has 1 fully saturated rings. The Bertz CT molecular complexity index is 1380. The van der Waals surface area contributed by atoms with E-state index in [1.54, 1.807) is 18.5 Å². The third-order valence-corrected chi connectivity index (χ3v) is 5.75. The quantitative estimate of drug-likeness (QED) is 0.412. The minimum Gasteiger partial charge on any atom is -0.450 e. The van der Waals surface area contributed by atoms with E-state index in [0.717, 1.165) is 47.3 Å². The molecule has 6 rings (SSSR count). The second kappa shape index (κ2) is 7.16. The van der Waals surface area contributed by atoms with Gasteiger partial charge in [-0.2, -0.15) is 4.98 Å². The molecule has 1 saturated heterocycles. The molecule has 4 heterocycles. The lowest BCUT2D eigenvalue weighted by molar-refractivity contribution is 0.333. The molecule has 1 aliphatic rings. The first kappa shape index (κ1) is 18.0. The number of aromatic nitrogens is 4. The monoisotopic (exact) mass is 415 g/mol. The highest BCUT2D eigenvalue weighted by Gasteiger charge is 2.29. The van der Waals surface area contributed by atoms with Crippen LogP contribution in [0.15, 0.2) is 63.8 Å². The lowest BCUT2D eigenvalue weighted by Gasteiger charge is -2.31. The maximum atomic E-state index is 13.2. The predicted molar refractivity (Wildman–Crippen MR) is 113 cm³/mol. The van der Waals surface area contributed by atoms with Gasteiger partial charge in [0.2, 0.25) is 11.7 Å². The van der Waals surface area contributed by atoms with Gasteiger partial charge in [-0.25, -0.2) is 14.4 Å². The summed E-state index contributed by atoms with van der Waals surface area (Å²) >= 11 is 0. The third-order valence-electron chi connectivity index (χ3n) is 5.75. The molecule has 0 amide bonds. The van der Waals surface area contributed by atoms with Crippen LogP contribution < -0.4 is 4.90 Å². The topological polar surface area (TPSA) is 81.1 Å². The number of nitrogens with zero attached hydrogens (tertiary/aromatic N) is 5. The van der Waals surface area contributed by atoms with Gasteiger partial charge in [-0.3, -0.25) is 0 Å². The summed E-state index contributed by atoms with van der Waals surface area (Å²) in [5.41, 5.74) is 3.04. The fourth-order valence-corrected chi connectivity index (χ4v) is 4.23. The van der Waals surface area contributed by atoms with Crippen molar-refractivity contribution in [3.8, 4) is 11.4 Å². The van der Waals surface area contributed by atoms with Gasteiger partial charge in [0.25, 0.3) is 0 Å². The molecular formula is C23H18FN5O2. The van der Waals surface area contributed by atoms with Crippen molar-refractivity contribution in [2.24, 2.45) is 0 Å². The molecule has 0 spiro atoms. The minimum atomic E-state index is -0.294. The number of fused-ring (bicyclic) bond motifs is 3. The van der Waals surface area contributed by atoms with Crippen molar-refractivity contribution in [2.75, 3.05) is 18.0 Å². The van der Waals surface area contributed by atoms with Gasteiger partial charge in [0.1, 0.15) is 23.2 Å². The fraction of sp³-hybridized carbons (Fsp3) is 0.217. The molecule has 1 unspecified atom stereocenters. The highest BCUT2D eigenvalue weighted by molar-refractivity contribution is 6.05. The Hall–Kier alpha value is -3.81. The van der Waals surface area contributed by atoms with E-state index >= 15 is 0 Å². The Morgan fingerprint density at radius 1 is 1.03 bits per heavy atom. The van der Waals surface area contributed by atoms with Crippen LogP contribution in [-0.2, 0) is 0 Å². The summed E-state index contributed by atoms with van der Waals surface area (Å²) in [6, 6.07) is 13.9. The van der Waals surface area contributed by atoms with Gasteiger partial charge in [0, 0.05) is 24.0 Å². The second-order valence-electron chi connectivity index (χ2n) is 7.72. The zero-order valence-corrected chi connectivity index (χ0v) is 16.5. The average Bonchev–Trinajstić information content (AvgIpc) is 3.45. The van der Waals surface area contributed by atoms with Gasteiger partial charge in [0.05, 0.1) is 5.92 Å². The van der Waals surface area contributed by atoms with E-state index in [2.05, 4.69) is 25.0 Å². The van der Waals surface area contributed by atoms with Crippen molar-refractivity contribution in [3.05, 3.63) is 66.6 Å². The lowest BCUT2D eigenvalue weighted by Crippen LogP contribution is -2.35. The van der Waals surface area contributed by atoms with Gasteiger partial charge in [-0.05, 0) is 49.2 Å². The number of piperidine rings is 1. The molecule has 154 valence electrons. The molecule has 0 radical (unpaired) electrons. The first-order valence-electron chi connectivity index (χ1n) is 10.2. The highest BCUT2D eigenvalue weighted by atomic mass is 19.1. The molecular weight excluding hydrogens is 397 g/mol. The number of halogens is 1. The zero-order chi connectivity index (χ0) is 20.8. The van der Waals surface area contributed by atoms with E-state index in [4.69, 9.17) is 8.94 Å². The first-order chi connectivity index (χ1) is 15.3. The lowest BCUT2D eigenvalue weighted by atomic mass is 9.98. The standard InChI is InChI=1S/C23H18FN5O2/c24-16-9-7-14(8-10-16)21-27-23(31-28-21)15-4-3-11-29(12-15)22-20-19(25-13-26-22)17-5-1-2-6-18(17)30-20/h1-2,5-10,13,15H,3-4,11-12H2. The molecule has 8 heteroatoms. The van der Waals surface area contributed by atoms with Crippen LogP contribution >= 0.6 is 0 Å². The fourth-order valence-electron chi connectivity index (χ4n) is 4.23. The molecule has 5 aromatic rings. The van der Waals surface area contributed by atoms with Crippen LogP contribution in [0.4, 0.5) is 10.2 Å². The van der Waals surface area contributed by atoms with Crippen LogP contribution in [-0.4, -0.2) is 33.2 Å². The summed E-state index contributed by atoms with van der Waals surface area (Å²) < 4.78 is 24.9. The largest absolute Gasteiger partial charge is 0.450 e. The Morgan fingerprint density at radius 2 is 1.90 bits per heavy atom. The number of para-hydroxylation sites is 1. The molecule has 0 saturated carbocycles. The third kappa shape index (κ3) is 3.11. The van der Waals surface area contributed by atoms with E-state index in [9.17, 15) is 4.39 Å². The number of hydrogen-bond donors (Lipinski definition) is 0. The maximum Gasteiger partial charge on any atom is 0.231 e. The van der Waals surface area contributed by atoms with Crippen molar-refractivity contribution in [3.63, 3.8) is 0 Å². The normalized spacial score (nSPS) is 16.9. The van der Waals surface area contributed by atoms with Gasteiger partial charge in [-0.15, -0.1) is 0 Å². The Balaban J connectivity index is 1.31. The number of benzene rings is 2. The van der Waals surface area contributed by atoms with Crippen molar-refractivity contribution in [1.29, 1.82) is 0 Å². The zero-order valence-electron chi connectivity index (χ0n) is 16.5. The number of furan rings is 1. The summed E-state index contributed by atoms with van der Waals surface area (Å²) in [5.74, 6) is 1.61. The van der Waals surface area contributed by atoms with Crippen LogP contribution in [0.1, 0.15) is 24.7 Å². The maximum absolute atomic E-state index is 13.2. The Labute approximate surface area is 176 Å². The van der Waals surface area contributed by atoms with E-state index in [-0.39, 0.29) is 11.7 Å². The number of hydrogen-bond acceptors (Lipinski definition) is 7. The summed E-state index contributed by atoms with van der Waals surface area (Å²) in [7, 11) is 0. The molecule has 31 heavy (non-hydrogen) atoms. The first-order valence-corrected chi connectivity index (χ1v) is 10.2. The van der Waals surface area contributed by atoms with E-state index in [0.29, 0.717) is 23.8 Å². The van der Waals surface area contributed by atoms with Gasteiger partial charge in [0.15, 0.2) is 11.4 Å². The molecule has 0 bridgehead atoms. The average molecular weight is 415 g/mol. The van der Waals surface area contributed by atoms with Crippen LogP contribution in [0.5, 0.6) is 0 Å². The van der Waals surface area contributed by atoms with Gasteiger partial charge >= 0.3 is 0 Å². The molecule has 1 atom stereocenters. The predicted octanol–water partition coefficient (Wildman–Crippen LogP) is 4.95. The van der Waals surface area contributed by atoms with Crippen LogP contribution in [0, 0.1) is 5.82 Å². The Kier molecular flexibility index (Phi) is 4.15. The summed E-state index contributed by atoms with van der Waals surface area (Å²) in [5, 5.41) is 5.08. The van der Waals surface area contributed by atoms with Crippen molar-refractivity contribution >= 4 is 27.9 Å². The van der Waals surface area contributed by atoms with E-state index in [1.807, 2.05) is 24.3 Å². The summed E-state index contributed by atoms with van der Waals surface area (Å²) in [4.78, 5) is 15.8. The molecule has 1 aliphatic heterocycles. The van der Waals surface area contributed by atoms with Crippen molar-refractivity contribution < 1.29 is 13.3 Å². The molecule has 7 nitrogen and oxygen atoms in total. The number of rotatable bonds is 3. The second-order valence-corrected chi connectivity index (χ2v) is 7.72. The smallest absolute Gasteiger partial charge is 0.231 e. The molecule has 2 aromatic carbocycles. The van der Waals surface area contributed by atoms with Crippen LogP contribution in [0.25, 0.3) is 33.5 Å². The number of anilines is 1. The van der Waals surface area contributed by atoms with Gasteiger partial charge < -0.3 is 13.8 Å². The van der Waals surface area contributed by atoms with Crippen LogP contribution in [0.3, 0.4) is 0 Å². The van der Waals surface area contributed by atoms with Crippen molar-refractivity contribution in [1.82, 2.24) is 20.1 Å². The Morgan fingerprint density at radius 3 is 2.81 bits per heavy atom. The minimum absolute atomic E-state index is 0.0739. The van der Waals surface area contributed by atoms with E-state index in [1.165, 1.54) is 12.1 Å². The highest BCUT2D eigenvalue weighted by Crippen LogP contribution is 2.35. The SMILES string of the molecule is Fc1ccc(-c2noc(C3CCCN(c4ncnc5c4oc4ccccc45)C3)n2)cc1. The molecule has 0 N–H and O–H groups in total.